The molecular weight excluding hydrogens is 230 g/mol. The number of nitrogens with one attached hydrogen (secondary N) is 1. The molecule has 0 amide bonds. The van der Waals surface area contributed by atoms with Crippen molar-refractivity contribution >= 4 is 11.8 Å². The van der Waals surface area contributed by atoms with E-state index in [1.54, 1.807) is 0 Å². The number of aryl methyl sites for hydroxylation is 1. The highest BCUT2D eigenvalue weighted by Crippen LogP contribution is 2.38. The first kappa shape index (κ1) is 13.0. The summed E-state index contributed by atoms with van der Waals surface area (Å²) in [6.07, 6.45) is 7.96. The predicted octanol–water partition coefficient (Wildman–Crippen LogP) is 2.68. The lowest BCUT2D eigenvalue weighted by atomic mass is 10.1. The van der Waals surface area contributed by atoms with Crippen LogP contribution in [0.2, 0.25) is 0 Å². The molecule has 1 aromatic rings. The van der Waals surface area contributed by atoms with E-state index in [4.69, 9.17) is 0 Å². The second-order valence-electron chi connectivity index (χ2n) is 5.00. The van der Waals surface area contributed by atoms with E-state index in [-0.39, 0.29) is 0 Å². The molecule has 0 radical (unpaired) electrons. The van der Waals surface area contributed by atoms with Gasteiger partial charge in [-0.05, 0) is 31.7 Å². The van der Waals surface area contributed by atoms with Crippen molar-refractivity contribution in [3.8, 4) is 0 Å². The minimum Gasteiger partial charge on any atom is -0.314 e. The van der Waals surface area contributed by atoms with Crippen LogP contribution < -0.4 is 5.32 Å². The van der Waals surface area contributed by atoms with Gasteiger partial charge in [0.25, 0.3) is 0 Å². The second kappa shape index (κ2) is 5.91. The molecule has 0 spiro atoms. The average Bonchev–Trinajstić information content (AvgIpc) is 2.86. The van der Waals surface area contributed by atoms with E-state index < -0.39 is 0 Å². The van der Waals surface area contributed by atoms with Crippen LogP contribution in [0, 0.1) is 5.92 Å². The van der Waals surface area contributed by atoms with E-state index in [9.17, 15) is 0 Å². The number of nitrogens with zero attached hydrogens (tertiary/aromatic N) is 2. The molecule has 1 aliphatic carbocycles. The molecule has 3 nitrogen and oxygen atoms in total. The molecule has 4 heteroatoms. The Labute approximate surface area is 108 Å². The monoisotopic (exact) mass is 253 g/mol. The molecule has 0 saturated heterocycles. The van der Waals surface area contributed by atoms with Gasteiger partial charge in [0.1, 0.15) is 0 Å². The fourth-order valence-electron chi connectivity index (χ4n) is 2.55. The summed E-state index contributed by atoms with van der Waals surface area (Å²) in [5.74, 6) is 0.756. The molecule has 3 unspecified atom stereocenters. The maximum absolute atomic E-state index is 4.23. The Hall–Kier alpha value is -0.480. The van der Waals surface area contributed by atoms with Gasteiger partial charge in [0.15, 0.2) is 0 Å². The molecule has 0 aliphatic heterocycles. The number of hydrogen-bond donors (Lipinski definition) is 1. The highest BCUT2D eigenvalue weighted by molar-refractivity contribution is 8.00. The molecule has 1 aromatic heterocycles. The molecular formula is C13H23N3S. The standard InChI is InChI=1S/C13H23N3S/c1-4-7-14-12-5-6-13(10(12)2)17-11-8-15-16(3)9-11/h8-10,12-14H,4-7H2,1-3H3. The number of aromatic nitrogens is 2. The van der Waals surface area contributed by atoms with Crippen LogP contribution in [0.3, 0.4) is 0 Å². The third kappa shape index (κ3) is 3.26. The van der Waals surface area contributed by atoms with Gasteiger partial charge in [-0.1, -0.05) is 13.8 Å². The Bertz CT molecular complexity index is 350. The number of rotatable bonds is 5. The largest absolute Gasteiger partial charge is 0.314 e. The Kier molecular flexibility index (Phi) is 4.51. The van der Waals surface area contributed by atoms with Crippen molar-refractivity contribution in [3.63, 3.8) is 0 Å². The van der Waals surface area contributed by atoms with Crippen LogP contribution in [-0.2, 0) is 7.05 Å². The van der Waals surface area contributed by atoms with E-state index in [2.05, 4.69) is 30.5 Å². The molecule has 1 aliphatic rings. The summed E-state index contributed by atoms with van der Waals surface area (Å²) in [6, 6.07) is 0.712. The van der Waals surface area contributed by atoms with Crippen LogP contribution in [0.5, 0.6) is 0 Å². The van der Waals surface area contributed by atoms with Gasteiger partial charge in [-0.15, -0.1) is 11.8 Å². The van der Waals surface area contributed by atoms with Gasteiger partial charge in [-0.2, -0.15) is 5.10 Å². The fraction of sp³-hybridized carbons (Fsp3) is 0.769. The van der Waals surface area contributed by atoms with Crippen LogP contribution in [0.15, 0.2) is 17.3 Å². The molecule has 2 rings (SSSR count). The molecule has 1 saturated carbocycles. The quantitative estimate of drug-likeness (QED) is 0.875. The third-order valence-electron chi connectivity index (χ3n) is 3.61. The molecule has 17 heavy (non-hydrogen) atoms. The highest BCUT2D eigenvalue weighted by Gasteiger charge is 2.32. The molecule has 1 fully saturated rings. The Morgan fingerprint density at radius 1 is 1.53 bits per heavy atom. The zero-order valence-electron chi connectivity index (χ0n) is 11.0. The average molecular weight is 253 g/mol. The molecule has 1 N–H and O–H groups in total. The summed E-state index contributed by atoms with van der Waals surface area (Å²) in [5.41, 5.74) is 0. The lowest BCUT2D eigenvalue weighted by Gasteiger charge is -2.20. The topological polar surface area (TPSA) is 29.9 Å². The maximum atomic E-state index is 4.23. The minimum atomic E-state index is 0.712. The van der Waals surface area contributed by atoms with Crippen molar-refractivity contribution in [3.05, 3.63) is 12.4 Å². The van der Waals surface area contributed by atoms with Crippen molar-refractivity contribution in [1.82, 2.24) is 15.1 Å². The summed E-state index contributed by atoms with van der Waals surface area (Å²) in [4.78, 5) is 1.31. The van der Waals surface area contributed by atoms with Gasteiger partial charge in [0.05, 0.1) is 6.20 Å². The number of thioether (sulfide) groups is 1. The van der Waals surface area contributed by atoms with E-state index in [0.717, 1.165) is 17.7 Å². The van der Waals surface area contributed by atoms with Crippen LogP contribution in [0.1, 0.15) is 33.1 Å². The first-order valence-electron chi connectivity index (χ1n) is 6.59. The van der Waals surface area contributed by atoms with Crippen molar-refractivity contribution < 1.29 is 0 Å². The normalized spacial score (nSPS) is 28.8. The highest BCUT2D eigenvalue weighted by atomic mass is 32.2. The van der Waals surface area contributed by atoms with Gasteiger partial charge in [0, 0.05) is 29.4 Å². The van der Waals surface area contributed by atoms with Crippen molar-refractivity contribution in [2.45, 2.75) is 49.3 Å². The van der Waals surface area contributed by atoms with Crippen LogP contribution >= 0.6 is 11.8 Å². The SMILES string of the molecule is CCCNC1CCC(Sc2cnn(C)c2)C1C. The zero-order chi connectivity index (χ0) is 12.3. The molecule has 1 heterocycles. The Morgan fingerprint density at radius 2 is 2.35 bits per heavy atom. The third-order valence-corrected chi connectivity index (χ3v) is 5.06. The van der Waals surface area contributed by atoms with Gasteiger partial charge in [-0.25, -0.2) is 0 Å². The van der Waals surface area contributed by atoms with Crippen molar-refractivity contribution in [1.29, 1.82) is 0 Å². The van der Waals surface area contributed by atoms with E-state index in [0.29, 0.717) is 6.04 Å². The van der Waals surface area contributed by atoms with E-state index in [1.165, 1.54) is 24.2 Å². The Morgan fingerprint density at radius 3 is 3.00 bits per heavy atom. The van der Waals surface area contributed by atoms with Crippen LogP contribution in [0.25, 0.3) is 0 Å². The van der Waals surface area contributed by atoms with Gasteiger partial charge in [0.2, 0.25) is 0 Å². The first-order valence-corrected chi connectivity index (χ1v) is 7.47. The lowest BCUT2D eigenvalue weighted by Crippen LogP contribution is -2.33. The molecule has 3 atom stereocenters. The van der Waals surface area contributed by atoms with Crippen molar-refractivity contribution in [2.75, 3.05) is 6.54 Å². The van der Waals surface area contributed by atoms with Crippen LogP contribution in [-0.4, -0.2) is 27.6 Å². The molecule has 0 aromatic carbocycles. The van der Waals surface area contributed by atoms with E-state index in [1.807, 2.05) is 29.7 Å². The summed E-state index contributed by atoms with van der Waals surface area (Å²) >= 11 is 1.99. The van der Waals surface area contributed by atoms with Gasteiger partial charge >= 0.3 is 0 Å². The Balaban J connectivity index is 1.86. The smallest absolute Gasteiger partial charge is 0.0625 e. The molecule has 0 bridgehead atoms. The summed E-state index contributed by atoms with van der Waals surface area (Å²) in [5, 5.41) is 8.64. The van der Waals surface area contributed by atoms with Gasteiger partial charge in [-0.3, -0.25) is 4.68 Å². The maximum Gasteiger partial charge on any atom is 0.0625 e. The first-order chi connectivity index (χ1) is 8.20. The number of hydrogen-bond acceptors (Lipinski definition) is 3. The van der Waals surface area contributed by atoms with Crippen LogP contribution in [0.4, 0.5) is 0 Å². The van der Waals surface area contributed by atoms with Crippen molar-refractivity contribution in [2.24, 2.45) is 13.0 Å². The zero-order valence-corrected chi connectivity index (χ0v) is 11.8. The predicted molar refractivity (Wildman–Crippen MR) is 73.3 cm³/mol. The minimum absolute atomic E-state index is 0.712. The summed E-state index contributed by atoms with van der Waals surface area (Å²) < 4.78 is 1.88. The second-order valence-corrected chi connectivity index (χ2v) is 6.32. The molecule has 96 valence electrons. The fourth-order valence-corrected chi connectivity index (χ4v) is 3.88. The lowest BCUT2D eigenvalue weighted by molar-refractivity contribution is 0.432. The summed E-state index contributed by atoms with van der Waals surface area (Å²) in [7, 11) is 1.98. The summed E-state index contributed by atoms with van der Waals surface area (Å²) in [6.45, 7) is 5.77. The van der Waals surface area contributed by atoms with E-state index >= 15 is 0 Å². The van der Waals surface area contributed by atoms with Gasteiger partial charge < -0.3 is 5.32 Å².